The van der Waals surface area contributed by atoms with Crippen LogP contribution in [-0.2, 0) is 29.0 Å². The predicted molar refractivity (Wildman–Crippen MR) is 237 cm³/mol. The molecule has 13 nitrogen and oxygen atoms in total. The first-order chi connectivity index (χ1) is 28.7. The number of aromatic nitrogens is 2. The van der Waals surface area contributed by atoms with Crippen molar-refractivity contribution in [2.45, 2.75) is 111 Å². The summed E-state index contributed by atoms with van der Waals surface area (Å²) in [6.45, 7) is 16.2. The molecule has 1 aliphatic heterocycles. The topological polar surface area (TPSA) is 168 Å². The third kappa shape index (κ3) is 12.4. The maximum Gasteiger partial charge on any atom is 0.407 e. The first kappa shape index (κ1) is 46.2. The molecule has 4 aromatic rings. The van der Waals surface area contributed by atoms with Gasteiger partial charge in [-0.3, -0.25) is 24.5 Å². The monoisotopic (exact) mass is 833 g/mol. The van der Waals surface area contributed by atoms with E-state index in [-0.39, 0.29) is 18.9 Å². The number of carboxylic acid groups (broad SMARTS) is 1. The number of urea groups is 1. The maximum atomic E-state index is 14.6. The molecular weight excluding hydrogens is 771 g/mol. The fourth-order valence-electron chi connectivity index (χ4n) is 8.21. The van der Waals surface area contributed by atoms with Crippen molar-refractivity contribution in [3.8, 4) is 11.3 Å². The van der Waals surface area contributed by atoms with E-state index >= 15 is 0 Å². The highest BCUT2D eigenvalue weighted by molar-refractivity contribution is 5.89. The standard InChI is InChI=1S/C48H63N7O6/c1-31-18-23-38(49-29-31)35-21-19-34(20-22-35)26-37(51-43(57)41(47(3,4)5)53(9)46(60)61)28-40(56)39(27-33-15-11-10-12-16-33)52-44(58)42(48(6,7)8)55-25-24-54(45(55)59)30-36-17-13-14-32(2)50-36/h10-23,29,37,39-42,56H,24-28,30H2,1-9H3,(H,51,57)(H,52,58)(H,60,61)/t37-,39-,40-,41+,42+/m0/s1. The molecule has 0 radical (unpaired) electrons. The Morgan fingerprint density at radius 3 is 2.07 bits per heavy atom. The third-order valence-electron chi connectivity index (χ3n) is 11.2. The number of pyridine rings is 2. The van der Waals surface area contributed by atoms with Gasteiger partial charge in [0.2, 0.25) is 11.8 Å². The highest BCUT2D eigenvalue weighted by atomic mass is 16.4. The zero-order chi connectivity index (χ0) is 44.6. The van der Waals surface area contributed by atoms with Crippen molar-refractivity contribution in [3.05, 3.63) is 119 Å². The smallest absolute Gasteiger partial charge is 0.407 e. The van der Waals surface area contributed by atoms with E-state index in [1.807, 2.05) is 126 Å². The number of rotatable bonds is 16. The van der Waals surface area contributed by atoms with Crippen LogP contribution in [0.2, 0.25) is 0 Å². The van der Waals surface area contributed by atoms with Gasteiger partial charge in [0.15, 0.2) is 0 Å². The van der Waals surface area contributed by atoms with Gasteiger partial charge in [0.05, 0.1) is 30.1 Å². The molecule has 0 saturated carbocycles. The molecule has 5 amide bonds. The van der Waals surface area contributed by atoms with Gasteiger partial charge in [0.25, 0.3) is 0 Å². The number of likely N-dealkylation sites (N-methyl/N-ethyl adjacent to an activating group) is 1. The molecule has 326 valence electrons. The zero-order valence-electron chi connectivity index (χ0n) is 37.1. The quantitative estimate of drug-likeness (QED) is 0.0975. The number of hydrogen-bond donors (Lipinski definition) is 4. The summed E-state index contributed by atoms with van der Waals surface area (Å²) >= 11 is 0. The van der Waals surface area contributed by atoms with Crippen molar-refractivity contribution < 1.29 is 29.4 Å². The van der Waals surface area contributed by atoms with Gasteiger partial charge in [-0.05, 0) is 78.8 Å². The first-order valence-corrected chi connectivity index (χ1v) is 21.0. The minimum Gasteiger partial charge on any atom is -0.465 e. The van der Waals surface area contributed by atoms with E-state index in [0.717, 1.165) is 44.2 Å². The molecule has 2 aromatic carbocycles. The van der Waals surface area contributed by atoms with E-state index in [1.54, 1.807) is 30.6 Å². The molecule has 5 atom stereocenters. The fourth-order valence-corrected chi connectivity index (χ4v) is 8.21. The summed E-state index contributed by atoms with van der Waals surface area (Å²) in [6, 6.07) is 23.4. The van der Waals surface area contributed by atoms with Gasteiger partial charge in [0.1, 0.15) is 12.1 Å². The average Bonchev–Trinajstić information content (AvgIpc) is 3.52. The third-order valence-corrected chi connectivity index (χ3v) is 11.2. The largest absolute Gasteiger partial charge is 0.465 e. The van der Waals surface area contributed by atoms with Crippen LogP contribution in [0.15, 0.2) is 91.1 Å². The molecule has 0 aliphatic carbocycles. The number of carbonyl (C=O) groups excluding carboxylic acids is 3. The molecule has 2 aromatic heterocycles. The lowest BCUT2D eigenvalue weighted by Gasteiger charge is -2.38. The Morgan fingerprint density at radius 2 is 1.48 bits per heavy atom. The molecule has 0 unspecified atom stereocenters. The minimum absolute atomic E-state index is 0.0263. The molecular formula is C48H63N7O6. The minimum atomic E-state index is -1.24. The molecule has 0 bridgehead atoms. The normalized spacial score (nSPS) is 15.7. The summed E-state index contributed by atoms with van der Waals surface area (Å²) in [6.07, 6.45) is 0.00899. The Balaban J connectivity index is 1.43. The van der Waals surface area contributed by atoms with Gasteiger partial charge in [-0.15, -0.1) is 0 Å². The molecule has 13 heteroatoms. The van der Waals surface area contributed by atoms with Crippen LogP contribution < -0.4 is 10.6 Å². The second kappa shape index (κ2) is 19.7. The summed E-state index contributed by atoms with van der Waals surface area (Å²) in [4.78, 5) is 68.3. The summed E-state index contributed by atoms with van der Waals surface area (Å²) in [5.41, 5.74) is 4.75. The molecule has 1 aliphatic rings. The molecule has 1 fully saturated rings. The molecule has 1 saturated heterocycles. The maximum absolute atomic E-state index is 14.6. The van der Waals surface area contributed by atoms with Crippen molar-refractivity contribution in [2.24, 2.45) is 10.8 Å². The first-order valence-electron chi connectivity index (χ1n) is 21.0. The summed E-state index contributed by atoms with van der Waals surface area (Å²) in [5.74, 6) is -0.891. The number of aliphatic hydroxyl groups excluding tert-OH is 1. The number of benzene rings is 2. The lowest BCUT2D eigenvalue weighted by molar-refractivity contribution is -0.131. The number of nitrogens with zero attached hydrogens (tertiary/aromatic N) is 5. The number of amides is 5. The van der Waals surface area contributed by atoms with Crippen LogP contribution in [-0.4, -0.2) is 109 Å². The Bertz CT molecular complexity index is 2120. The number of aryl methyl sites for hydroxylation is 2. The molecule has 0 spiro atoms. The number of hydrogen-bond acceptors (Lipinski definition) is 7. The summed E-state index contributed by atoms with van der Waals surface area (Å²) in [7, 11) is 1.38. The predicted octanol–water partition coefficient (Wildman–Crippen LogP) is 6.64. The van der Waals surface area contributed by atoms with Crippen LogP contribution in [0.4, 0.5) is 9.59 Å². The van der Waals surface area contributed by atoms with Gasteiger partial charge < -0.3 is 30.6 Å². The van der Waals surface area contributed by atoms with Crippen LogP contribution in [0.3, 0.4) is 0 Å². The Labute approximate surface area is 360 Å². The van der Waals surface area contributed by atoms with Crippen molar-refractivity contribution in [1.29, 1.82) is 0 Å². The van der Waals surface area contributed by atoms with Gasteiger partial charge in [-0.2, -0.15) is 0 Å². The van der Waals surface area contributed by atoms with Crippen LogP contribution in [0, 0.1) is 24.7 Å². The van der Waals surface area contributed by atoms with Gasteiger partial charge in [-0.1, -0.05) is 108 Å². The van der Waals surface area contributed by atoms with E-state index < -0.39 is 59.0 Å². The van der Waals surface area contributed by atoms with Crippen LogP contribution in [0.1, 0.15) is 76.0 Å². The number of carbonyl (C=O) groups is 4. The van der Waals surface area contributed by atoms with E-state index in [9.17, 15) is 29.4 Å². The van der Waals surface area contributed by atoms with Crippen LogP contribution in [0.5, 0.6) is 0 Å². The summed E-state index contributed by atoms with van der Waals surface area (Å²) in [5, 5.41) is 28.4. The van der Waals surface area contributed by atoms with E-state index in [1.165, 1.54) is 7.05 Å². The Kier molecular flexibility index (Phi) is 14.9. The SMILES string of the molecule is Cc1ccc(-c2ccc(C[C@@H](C[C@H](O)[C@H](Cc3ccccc3)NC(=O)[C@@H](N3CCN(Cc4cccc(C)n4)C3=O)C(C)(C)C)NC(=O)[C@@H](N(C)C(=O)O)C(C)(C)C)cc2)nc1. The summed E-state index contributed by atoms with van der Waals surface area (Å²) < 4.78 is 0. The van der Waals surface area contributed by atoms with Gasteiger partial charge in [0, 0.05) is 43.6 Å². The van der Waals surface area contributed by atoms with Crippen molar-refractivity contribution in [2.75, 3.05) is 20.1 Å². The van der Waals surface area contributed by atoms with Crippen molar-refractivity contribution in [3.63, 3.8) is 0 Å². The average molecular weight is 834 g/mol. The van der Waals surface area contributed by atoms with Crippen LogP contribution in [0.25, 0.3) is 11.3 Å². The van der Waals surface area contributed by atoms with Gasteiger partial charge >= 0.3 is 12.1 Å². The molecule has 5 rings (SSSR count). The van der Waals surface area contributed by atoms with Gasteiger partial charge in [-0.25, -0.2) is 9.59 Å². The van der Waals surface area contributed by atoms with E-state index in [0.29, 0.717) is 26.1 Å². The van der Waals surface area contributed by atoms with Crippen molar-refractivity contribution >= 4 is 23.9 Å². The Hall–Kier alpha value is -5.82. The molecule has 4 N–H and O–H groups in total. The molecule has 61 heavy (non-hydrogen) atoms. The Morgan fingerprint density at radius 1 is 0.803 bits per heavy atom. The van der Waals surface area contributed by atoms with Crippen molar-refractivity contribution in [1.82, 2.24) is 35.3 Å². The highest BCUT2D eigenvalue weighted by Crippen LogP contribution is 2.30. The van der Waals surface area contributed by atoms with E-state index in [2.05, 4.69) is 20.6 Å². The molecule has 3 heterocycles. The van der Waals surface area contributed by atoms with Crippen LogP contribution >= 0.6 is 0 Å². The number of aliphatic hydroxyl groups is 1. The highest BCUT2D eigenvalue weighted by Gasteiger charge is 2.45. The lowest BCUT2D eigenvalue weighted by atomic mass is 9.84. The van der Waals surface area contributed by atoms with E-state index in [4.69, 9.17) is 0 Å². The lowest BCUT2D eigenvalue weighted by Crippen LogP contribution is -2.59. The second-order valence-electron chi connectivity index (χ2n) is 18.5. The fraction of sp³-hybridized carbons (Fsp3) is 0.458. The zero-order valence-corrected chi connectivity index (χ0v) is 37.1. The number of nitrogens with one attached hydrogen (secondary N) is 2. The second-order valence-corrected chi connectivity index (χ2v) is 18.5.